The first-order chi connectivity index (χ1) is 18.4. The van der Waals surface area contributed by atoms with E-state index in [-0.39, 0.29) is 17.7 Å². The Morgan fingerprint density at radius 2 is 1.82 bits per heavy atom. The van der Waals surface area contributed by atoms with Crippen molar-refractivity contribution < 1.29 is 19.1 Å². The molecule has 0 fully saturated rings. The second kappa shape index (κ2) is 10.4. The van der Waals surface area contributed by atoms with E-state index < -0.39 is 18.0 Å². The van der Waals surface area contributed by atoms with Crippen molar-refractivity contribution in [3.63, 3.8) is 0 Å². The van der Waals surface area contributed by atoms with Crippen LogP contribution in [0.5, 0.6) is 5.75 Å². The largest absolute Gasteiger partial charge is 0.458 e. The van der Waals surface area contributed by atoms with Crippen molar-refractivity contribution in [3.8, 4) is 5.75 Å². The molecule has 0 amide bonds. The molecule has 1 aliphatic rings. The summed E-state index contributed by atoms with van der Waals surface area (Å²) in [5, 5.41) is 2.10. The molecular formula is C30H24N2O5S. The first-order valence-corrected chi connectivity index (χ1v) is 12.8. The molecular weight excluding hydrogens is 500 g/mol. The molecule has 38 heavy (non-hydrogen) atoms. The highest BCUT2D eigenvalue weighted by Gasteiger charge is 2.33. The minimum atomic E-state index is -0.774. The third kappa shape index (κ3) is 4.73. The second-order valence-corrected chi connectivity index (χ2v) is 9.71. The minimum absolute atomic E-state index is 0.0270. The molecule has 5 rings (SSSR count). The molecule has 2 heterocycles. The fraction of sp³-hybridized carbons (Fsp3) is 0.133. The Morgan fingerprint density at radius 1 is 1.08 bits per heavy atom. The van der Waals surface area contributed by atoms with E-state index in [0.717, 1.165) is 16.3 Å². The van der Waals surface area contributed by atoms with Crippen LogP contribution in [0.2, 0.25) is 0 Å². The van der Waals surface area contributed by atoms with Crippen LogP contribution in [-0.4, -0.2) is 23.1 Å². The number of aromatic nitrogens is 1. The average Bonchev–Trinajstić information content (AvgIpc) is 3.21. The van der Waals surface area contributed by atoms with E-state index in [1.54, 1.807) is 31.2 Å². The summed E-state index contributed by atoms with van der Waals surface area (Å²) < 4.78 is 12.6. The van der Waals surface area contributed by atoms with Crippen LogP contribution in [0.4, 0.5) is 0 Å². The number of benzene rings is 3. The number of fused-ring (bicyclic) bond motifs is 2. The normalized spacial score (nSPS) is 15.1. The quantitative estimate of drug-likeness (QED) is 0.216. The maximum atomic E-state index is 13.9. The number of rotatable bonds is 6. The lowest BCUT2D eigenvalue weighted by molar-refractivity contribution is -0.138. The van der Waals surface area contributed by atoms with Gasteiger partial charge in [-0.05, 0) is 47.0 Å². The molecule has 0 saturated carbocycles. The Balaban J connectivity index is 1.69. The van der Waals surface area contributed by atoms with Gasteiger partial charge in [0.05, 0.1) is 21.8 Å². The van der Waals surface area contributed by atoms with Crippen LogP contribution in [0.3, 0.4) is 0 Å². The van der Waals surface area contributed by atoms with Crippen LogP contribution in [-0.2, 0) is 14.3 Å². The van der Waals surface area contributed by atoms with Gasteiger partial charge in [0.15, 0.2) is 4.80 Å². The van der Waals surface area contributed by atoms with Gasteiger partial charge in [-0.25, -0.2) is 9.79 Å². The minimum Gasteiger partial charge on any atom is -0.458 e. The number of hydrogen-bond acceptors (Lipinski definition) is 7. The van der Waals surface area contributed by atoms with Crippen molar-refractivity contribution in [1.82, 2.24) is 4.57 Å². The summed E-state index contributed by atoms with van der Waals surface area (Å²) in [5.74, 6) is -0.659. The first kappa shape index (κ1) is 25.1. The number of ether oxygens (including phenoxy) is 2. The Labute approximate surface area is 222 Å². The highest BCUT2D eigenvalue weighted by molar-refractivity contribution is 7.07. The maximum Gasteiger partial charge on any atom is 0.338 e. The predicted molar refractivity (Wildman–Crippen MR) is 147 cm³/mol. The van der Waals surface area contributed by atoms with Crippen LogP contribution in [0.25, 0.3) is 16.8 Å². The lowest BCUT2D eigenvalue weighted by Gasteiger charge is -2.24. The molecule has 0 saturated heterocycles. The monoisotopic (exact) mass is 524 g/mol. The molecule has 0 bridgehead atoms. The maximum absolute atomic E-state index is 13.9. The number of allylic oxidation sites excluding steroid dienone is 1. The van der Waals surface area contributed by atoms with E-state index >= 15 is 0 Å². The second-order valence-electron chi connectivity index (χ2n) is 8.70. The Kier molecular flexibility index (Phi) is 6.89. The number of thiazole rings is 1. The van der Waals surface area contributed by atoms with Gasteiger partial charge in [-0.2, -0.15) is 0 Å². The molecule has 0 spiro atoms. The van der Waals surface area contributed by atoms with E-state index in [1.165, 1.54) is 28.9 Å². The van der Waals surface area contributed by atoms with Crippen molar-refractivity contribution in [1.29, 1.82) is 0 Å². The van der Waals surface area contributed by atoms with Crippen molar-refractivity contribution in [2.75, 3.05) is 6.61 Å². The van der Waals surface area contributed by atoms with Gasteiger partial charge in [0, 0.05) is 6.92 Å². The SMILES string of the molecule is C=CCOC(=O)C1=C(C)N=c2sc(=Cc3cccc4ccccc34)c(=O)n2C1c1ccc(OC(C)=O)cc1. The summed E-state index contributed by atoms with van der Waals surface area (Å²) in [4.78, 5) is 43.5. The zero-order valence-corrected chi connectivity index (χ0v) is 21.7. The molecule has 1 aliphatic heterocycles. The zero-order chi connectivity index (χ0) is 26.8. The van der Waals surface area contributed by atoms with Crippen molar-refractivity contribution in [2.45, 2.75) is 19.9 Å². The number of carbonyl (C=O) groups excluding carboxylic acids is 2. The van der Waals surface area contributed by atoms with Gasteiger partial charge < -0.3 is 9.47 Å². The lowest BCUT2D eigenvalue weighted by atomic mass is 9.96. The van der Waals surface area contributed by atoms with Gasteiger partial charge in [0.25, 0.3) is 5.56 Å². The third-order valence-electron chi connectivity index (χ3n) is 6.14. The highest BCUT2D eigenvalue weighted by atomic mass is 32.1. The van der Waals surface area contributed by atoms with Crippen LogP contribution < -0.4 is 19.6 Å². The van der Waals surface area contributed by atoms with Gasteiger partial charge in [-0.3, -0.25) is 14.2 Å². The molecule has 0 N–H and O–H groups in total. The number of carbonyl (C=O) groups is 2. The summed E-state index contributed by atoms with van der Waals surface area (Å²) in [6, 6.07) is 19.9. The molecule has 1 atom stereocenters. The fourth-order valence-corrected chi connectivity index (χ4v) is 5.55. The zero-order valence-electron chi connectivity index (χ0n) is 20.8. The van der Waals surface area contributed by atoms with Gasteiger partial charge in [-0.15, -0.1) is 0 Å². The number of esters is 2. The summed E-state index contributed by atoms with van der Waals surface area (Å²) in [6.45, 7) is 6.68. The molecule has 4 aromatic rings. The molecule has 1 aromatic heterocycles. The first-order valence-electron chi connectivity index (χ1n) is 11.9. The van der Waals surface area contributed by atoms with Gasteiger partial charge in [0.2, 0.25) is 0 Å². The van der Waals surface area contributed by atoms with Gasteiger partial charge in [0.1, 0.15) is 12.4 Å². The van der Waals surface area contributed by atoms with Crippen molar-refractivity contribution in [2.24, 2.45) is 4.99 Å². The summed E-state index contributed by atoms with van der Waals surface area (Å²) >= 11 is 1.27. The van der Waals surface area contributed by atoms with Crippen LogP contribution in [0.15, 0.2) is 100 Å². The molecule has 3 aromatic carbocycles. The standard InChI is InChI=1S/C30H24N2O5S/c1-4-16-36-29(35)26-18(2)31-30-32(27(26)21-12-14-23(15-13-21)37-19(3)33)28(34)25(38-30)17-22-10-7-9-20-8-5-6-11-24(20)22/h4-15,17,27H,1,16H2,2-3H3. The van der Waals surface area contributed by atoms with Crippen molar-refractivity contribution >= 4 is 40.1 Å². The highest BCUT2D eigenvalue weighted by Crippen LogP contribution is 2.31. The van der Waals surface area contributed by atoms with E-state index in [4.69, 9.17) is 9.47 Å². The Morgan fingerprint density at radius 3 is 2.55 bits per heavy atom. The average molecular weight is 525 g/mol. The molecule has 0 aliphatic carbocycles. The molecule has 0 radical (unpaired) electrons. The van der Waals surface area contributed by atoms with Crippen LogP contribution >= 0.6 is 11.3 Å². The number of hydrogen-bond donors (Lipinski definition) is 0. The molecule has 1 unspecified atom stereocenters. The smallest absolute Gasteiger partial charge is 0.338 e. The topological polar surface area (TPSA) is 87.0 Å². The molecule has 190 valence electrons. The molecule has 7 nitrogen and oxygen atoms in total. The van der Waals surface area contributed by atoms with E-state index in [2.05, 4.69) is 11.6 Å². The predicted octanol–water partition coefficient (Wildman–Crippen LogP) is 4.04. The summed E-state index contributed by atoms with van der Waals surface area (Å²) in [5.41, 5.74) is 2.02. The van der Waals surface area contributed by atoms with E-state index in [0.29, 0.717) is 26.3 Å². The van der Waals surface area contributed by atoms with Crippen LogP contribution in [0, 0.1) is 0 Å². The van der Waals surface area contributed by atoms with Gasteiger partial charge in [-0.1, -0.05) is 78.6 Å². The lowest BCUT2D eigenvalue weighted by Crippen LogP contribution is -2.39. The summed E-state index contributed by atoms with van der Waals surface area (Å²) in [6.07, 6.45) is 3.35. The van der Waals surface area contributed by atoms with Crippen LogP contribution in [0.1, 0.15) is 31.0 Å². The molecule has 8 heteroatoms. The summed E-state index contributed by atoms with van der Waals surface area (Å²) in [7, 11) is 0. The fourth-order valence-electron chi connectivity index (χ4n) is 4.51. The Bertz CT molecular complexity index is 1790. The van der Waals surface area contributed by atoms with E-state index in [9.17, 15) is 14.4 Å². The van der Waals surface area contributed by atoms with Gasteiger partial charge >= 0.3 is 11.9 Å². The van der Waals surface area contributed by atoms with Crippen molar-refractivity contribution in [3.05, 3.63) is 121 Å². The number of nitrogens with zero attached hydrogens (tertiary/aromatic N) is 2. The Hall–Kier alpha value is -4.56. The van der Waals surface area contributed by atoms with E-state index in [1.807, 2.05) is 48.5 Å². The third-order valence-corrected chi connectivity index (χ3v) is 7.12.